The quantitative estimate of drug-likeness (QED) is 0.840. The minimum atomic E-state index is 0.145. The van der Waals surface area contributed by atoms with Crippen LogP contribution in [-0.2, 0) is 0 Å². The molecule has 2 atom stereocenters. The van der Waals surface area contributed by atoms with Gasteiger partial charge in [0.15, 0.2) is 0 Å². The van der Waals surface area contributed by atoms with Gasteiger partial charge in [0.25, 0.3) is 0 Å². The van der Waals surface area contributed by atoms with Gasteiger partial charge in [0.05, 0.1) is 13.2 Å². The second-order valence-corrected chi connectivity index (χ2v) is 4.93. The van der Waals surface area contributed by atoms with Crippen molar-refractivity contribution in [3.8, 4) is 5.75 Å². The van der Waals surface area contributed by atoms with E-state index in [1.54, 1.807) is 0 Å². The molecule has 0 amide bonds. The molecule has 94 valence electrons. The third kappa shape index (κ3) is 2.79. The number of benzene rings is 1. The first kappa shape index (κ1) is 12.4. The Labute approximate surface area is 103 Å². The van der Waals surface area contributed by atoms with E-state index >= 15 is 0 Å². The molecule has 0 saturated heterocycles. The van der Waals surface area contributed by atoms with Crippen LogP contribution in [0.3, 0.4) is 0 Å². The van der Waals surface area contributed by atoms with Crippen LogP contribution in [-0.4, -0.2) is 24.4 Å². The van der Waals surface area contributed by atoms with E-state index in [0.29, 0.717) is 12.0 Å². The molecule has 0 radical (unpaired) electrons. The molecular formula is C14H21NO2. The van der Waals surface area contributed by atoms with Crippen LogP contribution in [0.5, 0.6) is 5.75 Å². The molecular weight excluding hydrogens is 214 g/mol. The summed E-state index contributed by atoms with van der Waals surface area (Å²) in [6, 6.07) is 8.57. The maximum Gasteiger partial charge on any atom is 0.124 e. The standard InChI is InChI=1S/C14H21NO2/c1-10(2)13(9-16)15-12-7-8-17-14-6-4-3-5-11(12)14/h3-6,10,12-13,15-16H,7-9H2,1-2H3. The summed E-state index contributed by atoms with van der Waals surface area (Å²) in [5.74, 6) is 1.40. The summed E-state index contributed by atoms with van der Waals surface area (Å²) in [7, 11) is 0. The summed E-state index contributed by atoms with van der Waals surface area (Å²) in [5, 5.41) is 12.9. The Morgan fingerprint density at radius 2 is 2.18 bits per heavy atom. The summed E-state index contributed by atoms with van der Waals surface area (Å²) >= 11 is 0. The summed E-state index contributed by atoms with van der Waals surface area (Å²) < 4.78 is 5.63. The Kier molecular flexibility index (Phi) is 4.02. The number of hydrogen-bond donors (Lipinski definition) is 2. The third-order valence-electron chi connectivity index (χ3n) is 3.38. The molecule has 0 aromatic heterocycles. The van der Waals surface area contributed by atoms with Gasteiger partial charge >= 0.3 is 0 Å². The van der Waals surface area contributed by atoms with Gasteiger partial charge in [-0.15, -0.1) is 0 Å². The number of aliphatic hydroxyl groups excluding tert-OH is 1. The highest BCUT2D eigenvalue weighted by atomic mass is 16.5. The fraction of sp³-hybridized carbons (Fsp3) is 0.571. The highest BCUT2D eigenvalue weighted by molar-refractivity contribution is 5.37. The average molecular weight is 235 g/mol. The molecule has 1 aromatic rings. The number of rotatable bonds is 4. The summed E-state index contributed by atoms with van der Waals surface area (Å²) in [4.78, 5) is 0. The zero-order valence-corrected chi connectivity index (χ0v) is 10.5. The van der Waals surface area contributed by atoms with E-state index in [9.17, 15) is 5.11 Å². The van der Waals surface area contributed by atoms with E-state index in [1.807, 2.05) is 18.2 Å². The Morgan fingerprint density at radius 3 is 2.88 bits per heavy atom. The number of para-hydroxylation sites is 1. The zero-order chi connectivity index (χ0) is 12.3. The van der Waals surface area contributed by atoms with Crippen molar-refractivity contribution < 1.29 is 9.84 Å². The Balaban J connectivity index is 2.13. The Bertz CT molecular complexity index is 365. The van der Waals surface area contributed by atoms with Crippen LogP contribution in [0.2, 0.25) is 0 Å². The van der Waals surface area contributed by atoms with Crippen molar-refractivity contribution >= 4 is 0 Å². The molecule has 2 N–H and O–H groups in total. The topological polar surface area (TPSA) is 41.5 Å². The lowest BCUT2D eigenvalue weighted by molar-refractivity contribution is 0.179. The molecule has 0 aliphatic carbocycles. The lowest BCUT2D eigenvalue weighted by atomic mass is 9.97. The minimum absolute atomic E-state index is 0.145. The molecule has 0 spiro atoms. The predicted molar refractivity (Wildman–Crippen MR) is 68.1 cm³/mol. The second kappa shape index (κ2) is 5.52. The van der Waals surface area contributed by atoms with Gasteiger partial charge in [-0.25, -0.2) is 0 Å². The first-order valence-electron chi connectivity index (χ1n) is 6.31. The molecule has 0 saturated carbocycles. The van der Waals surface area contributed by atoms with Gasteiger partial charge in [-0.2, -0.15) is 0 Å². The first-order valence-corrected chi connectivity index (χ1v) is 6.31. The minimum Gasteiger partial charge on any atom is -0.493 e. The van der Waals surface area contributed by atoms with Crippen molar-refractivity contribution in [1.82, 2.24) is 5.32 Å². The van der Waals surface area contributed by atoms with Gasteiger partial charge in [0, 0.05) is 24.1 Å². The average Bonchev–Trinajstić information content (AvgIpc) is 2.35. The van der Waals surface area contributed by atoms with Crippen molar-refractivity contribution in [2.24, 2.45) is 5.92 Å². The molecule has 1 aliphatic rings. The monoisotopic (exact) mass is 235 g/mol. The zero-order valence-electron chi connectivity index (χ0n) is 10.5. The molecule has 3 nitrogen and oxygen atoms in total. The number of hydrogen-bond acceptors (Lipinski definition) is 3. The van der Waals surface area contributed by atoms with Crippen molar-refractivity contribution in [3.05, 3.63) is 29.8 Å². The van der Waals surface area contributed by atoms with Gasteiger partial charge in [0.2, 0.25) is 0 Å². The normalized spacial score (nSPS) is 20.8. The molecule has 2 unspecified atom stereocenters. The lowest BCUT2D eigenvalue weighted by Crippen LogP contribution is -2.41. The van der Waals surface area contributed by atoms with Gasteiger partial charge in [-0.3, -0.25) is 0 Å². The van der Waals surface area contributed by atoms with E-state index in [2.05, 4.69) is 25.2 Å². The Hall–Kier alpha value is -1.06. The molecule has 3 heteroatoms. The van der Waals surface area contributed by atoms with Gasteiger partial charge in [0.1, 0.15) is 5.75 Å². The highest BCUT2D eigenvalue weighted by Gasteiger charge is 2.24. The van der Waals surface area contributed by atoms with E-state index in [-0.39, 0.29) is 12.6 Å². The molecule has 1 heterocycles. The van der Waals surface area contributed by atoms with Crippen molar-refractivity contribution in [3.63, 3.8) is 0 Å². The van der Waals surface area contributed by atoms with E-state index < -0.39 is 0 Å². The van der Waals surface area contributed by atoms with Crippen LogP contribution in [0, 0.1) is 5.92 Å². The van der Waals surface area contributed by atoms with Gasteiger partial charge < -0.3 is 15.2 Å². The highest BCUT2D eigenvalue weighted by Crippen LogP contribution is 2.32. The fourth-order valence-corrected chi connectivity index (χ4v) is 2.23. The largest absolute Gasteiger partial charge is 0.493 e. The maximum atomic E-state index is 9.38. The summed E-state index contributed by atoms with van der Waals surface area (Å²) in [5.41, 5.74) is 1.21. The van der Waals surface area contributed by atoms with Crippen LogP contribution in [0.15, 0.2) is 24.3 Å². The van der Waals surface area contributed by atoms with Gasteiger partial charge in [-0.1, -0.05) is 32.0 Å². The number of nitrogens with one attached hydrogen (secondary N) is 1. The lowest BCUT2D eigenvalue weighted by Gasteiger charge is -2.31. The molecule has 0 fully saturated rings. The van der Waals surface area contributed by atoms with Crippen LogP contribution in [0.25, 0.3) is 0 Å². The molecule has 17 heavy (non-hydrogen) atoms. The van der Waals surface area contributed by atoms with Crippen molar-refractivity contribution in [2.45, 2.75) is 32.4 Å². The van der Waals surface area contributed by atoms with Gasteiger partial charge in [-0.05, 0) is 12.0 Å². The maximum absolute atomic E-state index is 9.38. The van der Waals surface area contributed by atoms with E-state index in [1.165, 1.54) is 5.56 Å². The first-order chi connectivity index (χ1) is 8.22. The van der Waals surface area contributed by atoms with Crippen LogP contribution >= 0.6 is 0 Å². The molecule has 0 bridgehead atoms. The smallest absolute Gasteiger partial charge is 0.124 e. The van der Waals surface area contributed by atoms with Crippen LogP contribution in [0.1, 0.15) is 31.9 Å². The second-order valence-electron chi connectivity index (χ2n) is 4.93. The summed E-state index contributed by atoms with van der Waals surface area (Å²) in [6.45, 7) is 5.17. The van der Waals surface area contributed by atoms with Crippen molar-refractivity contribution in [2.75, 3.05) is 13.2 Å². The number of aliphatic hydroxyl groups is 1. The van der Waals surface area contributed by atoms with Crippen molar-refractivity contribution in [1.29, 1.82) is 0 Å². The SMILES string of the molecule is CC(C)C(CO)NC1CCOc2ccccc21. The molecule has 1 aromatic carbocycles. The Morgan fingerprint density at radius 1 is 1.41 bits per heavy atom. The molecule has 1 aliphatic heterocycles. The molecule has 2 rings (SSSR count). The van der Waals surface area contributed by atoms with E-state index in [4.69, 9.17) is 4.74 Å². The predicted octanol–water partition coefficient (Wildman–Crippen LogP) is 2.12. The van der Waals surface area contributed by atoms with E-state index in [0.717, 1.165) is 18.8 Å². The summed E-state index contributed by atoms with van der Waals surface area (Å²) in [6.07, 6.45) is 0.959. The van der Waals surface area contributed by atoms with Crippen LogP contribution < -0.4 is 10.1 Å². The fourth-order valence-electron chi connectivity index (χ4n) is 2.23. The number of ether oxygens (including phenoxy) is 1. The number of fused-ring (bicyclic) bond motifs is 1. The third-order valence-corrected chi connectivity index (χ3v) is 3.38. The van der Waals surface area contributed by atoms with Crippen LogP contribution in [0.4, 0.5) is 0 Å².